The molecule has 1 unspecified atom stereocenters. The van der Waals surface area contributed by atoms with Gasteiger partial charge in [0.1, 0.15) is 11.5 Å². The van der Waals surface area contributed by atoms with Crippen molar-refractivity contribution in [2.45, 2.75) is 19.9 Å². The van der Waals surface area contributed by atoms with Gasteiger partial charge >= 0.3 is 0 Å². The second-order valence-electron chi connectivity index (χ2n) is 8.32. The number of aliphatic hydroxyl groups is 1. The van der Waals surface area contributed by atoms with E-state index in [2.05, 4.69) is 4.98 Å². The van der Waals surface area contributed by atoms with Crippen LogP contribution < -0.4 is 9.64 Å². The molecule has 7 heteroatoms. The van der Waals surface area contributed by atoms with Crippen LogP contribution in [0, 0.1) is 6.92 Å². The lowest BCUT2D eigenvalue weighted by Crippen LogP contribution is -2.29. The monoisotopic (exact) mass is 486 g/mol. The largest absolute Gasteiger partial charge is 0.507 e. The summed E-state index contributed by atoms with van der Waals surface area (Å²) < 4.78 is 5.57. The molecule has 1 atom stereocenters. The number of fused-ring (bicyclic) bond motifs is 1. The molecule has 4 aromatic rings. The number of rotatable bonds is 5. The highest BCUT2D eigenvalue weighted by Gasteiger charge is 2.48. The fraction of sp³-hybridized carbons (Fsp3) is 0.143. The van der Waals surface area contributed by atoms with Gasteiger partial charge in [0.2, 0.25) is 0 Å². The first-order valence-corrected chi connectivity index (χ1v) is 11.7. The summed E-state index contributed by atoms with van der Waals surface area (Å²) >= 11 is 6.24. The molecule has 0 bridgehead atoms. The minimum atomic E-state index is -0.861. The number of ketones is 1. The van der Waals surface area contributed by atoms with Crippen molar-refractivity contribution < 1.29 is 19.4 Å². The first kappa shape index (κ1) is 22.7. The second-order valence-corrected chi connectivity index (χ2v) is 8.76. The number of benzene rings is 3. The number of hydrogen-bond donors (Lipinski definition) is 2. The Morgan fingerprint density at radius 3 is 2.60 bits per heavy atom. The molecule has 6 nitrogen and oxygen atoms in total. The number of aromatic amines is 1. The van der Waals surface area contributed by atoms with Crippen molar-refractivity contribution in [1.29, 1.82) is 0 Å². The van der Waals surface area contributed by atoms with Gasteiger partial charge < -0.3 is 14.8 Å². The number of halogens is 1. The number of carbonyl (C=O) groups is 2. The molecule has 1 aliphatic rings. The zero-order chi connectivity index (χ0) is 24.7. The lowest BCUT2D eigenvalue weighted by Gasteiger charge is -2.26. The first-order valence-electron chi connectivity index (χ1n) is 11.3. The Hall–Kier alpha value is -4.03. The summed E-state index contributed by atoms with van der Waals surface area (Å²) in [5.41, 5.74) is 3.27. The zero-order valence-electron chi connectivity index (χ0n) is 19.2. The van der Waals surface area contributed by atoms with E-state index in [1.54, 1.807) is 48.5 Å². The van der Waals surface area contributed by atoms with Gasteiger partial charge in [-0.1, -0.05) is 48.0 Å². The molecule has 2 heterocycles. The van der Waals surface area contributed by atoms with E-state index in [0.29, 0.717) is 28.6 Å². The molecule has 0 saturated carbocycles. The van der Waals surface area contributed by atoms with Gasteiger partial charge in [-0.3, -0.25) is 14.5 Å². The highest BCUT2D eigenvalue weighted by Crippen LogP contribution is 2.45. The lowest BCUT2D eigenvalue weighted by molar-refractivity contribution is -0.132. The average molecular weight is 487 g/mol. The van der Waals surface area contributed by atoms with E-state index in [1.807, 2.05) is 38.1 Å². The molecule has 1 saturated heterocycles. The Labute approximate surface area is 207 Å². The van der Waals surface area contributed by atoms with Crippen LogP contribution in [0.3, 0.4) is 0 Å². The quantitative estimate of drug-likeness (QED) is 0.201. The Morgan fingerprint density at radius 2 is 1.83 bits per heavy atom. The Bertz CT molecular complexity index is 1500. The van der Waals surface area contributed by atoms with E-state index in [4.69, 9.17) is 16.3 Å². The van der Waals surface area contributed by atoms with Gasteiger partial charge in [0.25, 0.3) is 11.7 Å². The predicted octanol–water partition coefficient (Wildman–Crippen LogP) is 6.15. The molecule has 1 aliphatic heterocycles. The number of aromatic nitrogens is 1. The van der Waals surface area contributed by atoms with Crippen molar-refractivity contribution >= 4 is 45.6 Å². The van der Waals surface area contributed by atoms with Gasteiger partial charge in [0.05, 0.1) is 18.2 Å². The van der Waals surface area contributed by atoms with Crippen LogP contribution in [0.2, 0.25) is 5.02 Å². The lowest BCUT2D eigenvalue weighted by atomic mass is 9.93. The number of hydrogen-bond acceptors (Lipinski definition) is 4. The number of aryl methyl sites for hydroxylation is 1. The van der Waals surface area contributed by atoms with Crippen LogP contribution in [0.5, 0.6) is 5.75 Å². The van der Waals surface area contributed by atoms with Crippen LogP contribution in [-0.2, 0) is 9.59 Å². The van der Waals surface area contributed by atoms with Crippen molar-refractivity contribution in [3.05, 3.63) is 100 Å². The molecular formula is C28H23ClN2O4. The van der Waals surface area contributed by atoms with Crippen LogP contribution in [0.1, 0.15) is 29.8 Å². The third-order valence-electron chi connectivity index (χ3n) is 6.17. The van der Waals surface area contributed by atoms with Gasteiger partial charge in [-0.15, -0.1) is 0 Å². The van der Waals surface area contributed by atoms with Gasteiger partial charge in [-0.05, 0) is 50.2 Å². The number of aliphatic hydroxyl groups excluding tert-OH is 1. The minimum absolute atomic E-state index is 0.0106. The Balaban J connectivity index is 1.79. The van der Waals surface area contributed by atoms with E-state index in [0.717, 1.165) is 22.2 Å². The molecule has 176 valence electrons. The van der Waals surface area contributed by atoms with E-state index in [1.165, 1.54) is 4.90 Å². The molecular weight excluding hydrogens is 464 g/mol. The maximum absolute atomic E-state index is 13.5. The number of amides is 1. The van der Waals surface area contributed by atoms with Crippen molar-refractivity contribution in [2.75, 3.05) is 11.5 Å². The third kappa shape index (κ3) is 3.86. The number of anilines is 1. The third-order valence-corrected chi connectivity index (χ3v) is 6.40. The fourth-order valence-electron chi connectivity index (χ4n) is 4.70. The number of carbonyl (C=O) groups excluding carboxylic acids is 2. The fourth-order valence-corrected chi connectivity index (χ4v) is 4.89. The molecule has 0 aliphatic carbocycles. The molecule has 1 fully saturated rings. The summed E-state index contributed by atoms with van der Waals surface area (Å²) in [6.07, 6.45) is 0. The SMILES string of the molecule is CCOc1cccc(/C(O)=C2\C(=O)C(=O)N(c3cccc(Cl)c3)C2c2c(C)[nH]c3ccccc23)c1. The topological polar surface area (TPSA) is 82.6 Å². The van der Waals surface area contributed by atoms with E-state index in [-0.39, 0.29) is 11.3 Å². The summed E-state index contributed by atoms with van der Waals surface area (Å²) in [4.78, 5) is 31.7. The first-order chi connectivity index (χ1) is 16.9. The predicted molar refractivity (Wildman–Crippen MR) is 137 cm³/mol. The van der Waals surface area contributed by atoms with Gasteiger partial charge in [0, 0.05) is 38.4 Å². The van der Waals surface area contributed by atoms with Crippen LogP contribution in [0.4, 0.5) is 5.69 Å². The maximum Gasteiger partial charge on any atom is 0.300 e. The van der Waals surface area contributed by atoms with E-state index in [9.17, 15) is 14.7 Å². The molecule has 1 amide bonds. The van der Waals surface area contributed by atoms with Crippen molar-refractivity contribution in [3.63, 3.8) is 0 Å². The highest BCUT2D eigenvalue weighted by molar-refractivity contribution is 6.52. The molecule has 2 N–H and O–H groups in total. The molecule has 3 aromatic carbocycles. The number of nitrogens with one attached hydrogen (secondary N) is 1. The van der Waals surface area contributed by atoms with Crippen LogP contribution >= 0.6 is 11.6 Å². The van der Waals surface area contributed by atoms with Gasteiger partial charge in [0.15, 0.2) is 0 Å². The van der Waals surface area contributed by atoms with Crippen molar-refractivity contribution in [2.24, 2.45) is 0 Å². The van der Waals surface area contributed by atoms with Crippen LogP contribution in [0.15, 0.2) is 78.4 Å². The number of ether oxygens (including phenoxy) is 1. The van der Waals surface area contributed by atoms with E-state index >= 15 is 0 Å². The standard InChI is InChI=1S/C28H23ClN2O4/c1-3-35-20-11-6-8-17(14-20)26(32)24-25(23-16(2)30-22-13-5-4-12-21(22)23)31(28(34)27(24)33)19-10-7-9-18(29)15-19/h4-15,25,30,32H,3H2,1-2H3/b26-24+. The minimum Gasteiger partial charge on any atom is -0.507 e. The smallest absolute Gasteiger partial charge is 0.300 e. The highest BCUT2D eigenvalue weighted by atomic mass is 35.5. The summed E-state index contributed by atoms with van der Waals surface area (Å²) in [5, 5.41) is 12.7. The Morgan fingerprint density at radius 1 is 1.06 bits per heavy atom. The molecule has 0 radical (unpaired) electrons. The summed E-state index contributed by atoms with van der Waals surface area (Å²) in [5.74, 6) is -1.20. The van der Waals surface area contributed by atoms with Crippen molar-refractivity contribution in [3.8, 4) is 5.75 Å². The van der Waals surface area contributed by atoms with Crippen molar-refractivity contribution in [1.82, 2.24) is 4.98 Å². The van der Waals surface area contributed by atoms with Crippen LogP contribution in [-0.4, -0.2) is 28.4 Å². The zero-order valence-corrected chi connectivity index (χ0v) is 20.0. The average Bonchev–Trinajstić information content (AvgIpc) is 3.31. The van der Waals surface area contributed by atoms with E-state index < -0.39 is 17.7 Å². The summed E-state index contributed by atoms with van der Waals surface area (Å²) in [7, 11) is 0. The molecule has 0 spiro atoms. The number of H-pyrrole nitrogens is 1. The molecule has 35 heavy (non-hydrogen) atoms. The van der Waals surface area contributed by atoms with Gasteiger partial charge in [-0.2, -0.15) is 0 Å². The van der Waals surface area contributed by atoms with Gasteiger partial charge in [-0.25, -0.2) is 0 Å². The number of para-hydroxylation sites is 1. The molecule has 1 aromatic heterocycles. The van der Waals surface area contributed by atoms with Crippen LogP contribution in [0.25, 0.3) is 16.7 Å². The normalized spacial score (nSPS) is 17.3. The summed E-state index contributed by atoms with van der Waals surface area (Å²) in [6.45, 7) is 4.21. The number of nitrogens with zero attached hydrogens (tertiary/aromatic N) is 1. The maximum atomic E-state index is 13.5. The second kappa shape index (κ2) is 8.96. The number of Topliss-reactive ketones (excluding diaryl/α,β-unsaturated/α-hetero) is 1. The molecule has 5 rings (SSSR count). The Kier molecular flexibility index (Phi) is 5.83. The summed E-state index contributed by atoms with van der Waals surface area (Å²) in [6, 6.07) is 20.5.